The Hall–Kier alpha value is -3.66. The molecule has 32 heavy (non-hydrogen) atoms. The molecule has 4 heteroatoms. The van der Waals surface area contributed by atoms with Crippen molar-refractivity contribution in [3.8, 4) is 0 Å². The Morgan fingerprint density at radius 1 is 0.906 bits per heavy atom. The first kappa shape index (κ1) is 21.6. The highest BCUT2D eigenvalue weighted by atomic mass is 16.5. The van der Waals surface area contributed by atoms with Crippen molar-refractivity contribution in [3.63, 3.8) is 0 Å². The summed E-state index contributed by atoms with van der Waals surface area (Å²) in [7, 11) is 1.39. The first-order valence-electron chi connectivity index (χ1n) is 10.8. The zero-order valence-electron chi connectivity index (χ0n) is 18.9. The van der Waals surface area contributed by atoms with Gasteiger partial charge in [-0.3, -0.25) is 4.79 Å². The largest absolute Gasteiger partial charge is 0.465 e. The van der Waals surface area contributed by atoms with Gasteiger partial charge in [-0.25, -0.2) is 4.79 Å². The normalized spacial score (nSPS) is 13.1. The van der Waals surface area contributed by atoms with Crippen LogP contribution >= 0.6 is 0 Å². The van der Waals surface area contributed by atoms with Gasteiger partial charge in [-0.1, -0.05) is 48.0 Å². The van der Waals surface area contributed by atoms with Crippen molar-refractivity contribution in [1.29, 1.82) is 0 Å². The molecule has 0 saturated heterocycles. The zero-order valence-corrected chi connectivity index (χ0v) is 18.9. The monoisotopic (exact) mass is 425 g/mol. The van der Waals surface area contributed by atoms with E-state index in [0.29, 0.717) is 11.1 Å². The molecule has 3 aromatic rings. The number of anilines is 1. The van der Waals surface area contributed by atoms with Crippen LogP contribution in [-0.4, -0.2) is 25.4 Å². The topological polar surface area (TPSA) is 46.6 Å². The molecule has 0 atom stereocenters. The van der Waals surface area contributed by atoms with Crippen molar-refractivity contribution in [2.75, 3.05) is 18.6 Å². The maximum atomic E-state index is 13.8. The van der Waals surface area contributed by atoms with Gasteiger partial charge in [0.15, 0.2) is 5.78 Å². The number of nitrogens with zero attached hydrogens (tertiary/aromatic N) is 1. The molecule has 0 radical (unpaired) electrons. The van der Waals surface area contributed by atoms with Gasteiger partial charge in [-0.2, -0.15) is 0 Å². The maximum absolute atomic E-state index is 13.8. The van der Waals surface area contributed by atoms with Gasteiger partial charge in [0.05, 0.1) is 12.7 Å². The van der Waals surface area contributed by atoms with Crippen LogP contribution in [0.15, 0.2) is 66.9 Å². The smallest absolute Gasteiger partial charge is 0.337 e. The van der Waals surface area contributed by atoms with Gasteiger partial charge < -0.3 is 9.64 Å². The molecule has 0 N–H and O–H groups in total. The van der Waals surface area contributed by atoms with E-state index in [1.54, 1.807) is 6.07 Å². The Morgan fingerprint density at radius 3 is 2.25 bits per heavy atom. The predicted molar refractivity (Wildman–Crippen MR) is 128 cm³/mol. The molecule has 0 bridgehead atoms. The third-order valence-corrected chi connectivity index (χ3v) is 5.95. The Bertz CT molecular complexity index is 1200. The van der Waals surface area contributed by atoms with Gasteiger partial charge in [0.2, 0.25) is 0 Å². The van der Waals surface area contributed by atoms with Crippen molar-refractivity contribution in [2.45, 2.75) is 27.2 Å². The van der Waals surface area contributed by atoms with Gasteiger partial charge in [0.1, 0.15) is 0 Å². The van der Waals surface area contributed by atoms with Crippen LogP contribution < -0.4 is 4.90 Å². The van der Waals surface area contributed by atoms with E-state index in [9.17, 15) is 9.59 Å². The first-order valence-corrected chi connectivity index (χ1v) is 10.8. The van der Waals surface area contributed by atoms with Crippen LogP contribution in [-0.2, 0) is 11.2 Å². The van der Waals surface area contributed by atoms with E-state index in [4.69, 9.17) is 4.74 Å². The molecule has 4 rings (SSSR count). The van der Waals surface area contributed by atoms with Crippen LogP contribution in [0.3, 0.4) is 0 Å². The number of aryl methyl sites for hydroxylation is 3. The summed E-state index contributed by atoms with van der Waals surface area (Å²) in [5.74, 6) is -0.321. The van der Waals surface area contributed by atoms with E-state index in [0.717, 1.165) is 52.0 Å². The highest BCUT2D eigenvalue weighted by molar-refractivity contribution is 6.30. The number of carbonyl (C=O) groups is 2. The van der Waals surface area contributed by atoms with E-state index in [1.807, 2.05) is 69.4 Å². The Kier molecular flexibility index (Phi) is 5.95. The fourth-order valence-electron chi connectivity index (χ4n) is 4.52. The van der Waals surface area contributed by atoms with Crippen molar-refractivity contribution in [3.05, 3.63) is 106 Å². The molecule has 3 aromatic carbocycles. The third-order valence-electron chi connectivity index (χ3n) is 5.95. The standard InChI is InChI=1S/C28H27NO3/c1-18-14-19(2)26(20(3)15-18)27(30)24(21-8-6-5-7-9-21)17-29-13-12-22-16-23(28(31)32-4)10-11-25(22)29/h5-11,14-17H,12-13H2,1-4H3/b24-17+. The number of benzene rings is 3. The number of ether oxygens (including phenoxy) is 1. The molecule has 0 amide bonds. The third kappa shape index (κ3) is 4.09. The fourth-order valence-corrected chi connectivity index (χ4v) is 4.52. The highest BCUT2D eigenvalue weighted by Gasteiger charge is 2.24. The summed E-state index contributed by atoms with van der Waals surface area (Å²) >= 11 is 0. The zero-order chi connectivity index (χ0) is 22.8. The lowest BCUT2D eigenvalue weighted by Gasteiger charge is -2.19. The molecule has 0 aliphatic carbocycles. The molecule has 1 aliphatic rings. The molecule has 0 spiro atoms. The van der Waals surface area contributed by atoms with E-state index < -0.39 is 0 Å². The number of methoxy groups -OCH3 is 1. The maximum Gasteiger partial charge on any atom is 0.337 e. The SMILES string of the molecule is COC(=O)c1ccc2c(c1)CCN2/C=C(/C(=O)c1c(C)cc(C)cc1C)c1ccccc1. The molecule has 0 fully saturated rings. The number of fused-ring (bicyclic) bond motifs is 1. The summed E-state index contributed by atoms with van der Waals surface area (Å²) < 4.78 is 4.85. The van der Waals surface area contributed by atoms with Gasteiger partial charge in [0.25, 0.3) is 0 Å². The van der Waals surface area contributed by atoms with Crippen LogP contribution in [0.2, 0.25) is 0 Å². The number of ketones is 1. The van der Waals surface area contributed by atoms with E-state index in [-0.39, 0.29) is 11.8 Å². The van der Waals surface area contributed by atoms with E-state index >= 15 is 0 Å². The lowest BCUT2D eigenvalue weighted by atomic mass is 9.90. The van der Waals surface area contributed by atoms with Gasteiger partial charge in [0, 0.05) is 29.6 Å². The first-order chi connectivity index (χ1) is 15.4. The summed E-state index contributed by atoms with van der Waals surface area (Å²) in [5, 5.41) is 0. The van der Waals surface area contributed by atoms with Crippen LogP contribution in [0.4, 0.5) is 5.69 Å². The minimum atomic E-state index is -0.340. The number of carbonyl (C=O) groups excluding carboxylic acids is 2. The molecule has 4 nitrogen and oxygen atoms in total. The number of hydrogen-bond donors (Lipinski definition) is 0. The molecular weight excluding hydrogens is 398 g/mol. The average Bonchev–Trinajstić information content (AvgIpc) is 3.18. The Morgan fingerprint density at radius 2 is 1.59 bits per heavy atom. The Balaban J connectivity index is 1.79. The van der Waals surface area contributed by atoms with Crippen LogP contribution in [0.5, 0.6) is 0 Å². The van der Waals surface area contributed by atoms with Crippen molar-refractivity contribution < 1.29 is 14.3 Å². The second-order valence-electron chi connectivity index (χ2n) is 8.29. The average molecular weight is 426 g/mol. The highest BCUT2D eigenvalue weighted by Crippen LogP contribution is 2.32. The van der Waals surface area contributed by atoms with Gasteiger partial charge in [-0.05, 0) is 67.6 Å². The van der Waals surface area contributed by atoms with E-state index in [2.05, 4.69) is 17.0 Å². The molecule has 162 valence electrons. The summed E-state index contributed by atoms with van der Waals surface area (Å²) in [5.41, 5.74) is 8.05. The summed E-state index contributed by atoms with van der Waals surface area (Å²) in [4.78, 5) is 27.8. The van der Waals surface area contributed by atoms with Gasteiger partial charge in [-0.15, -0.1) is 0 Å². The number of rotatable bonds is 5. The van der Waals surface area contributed by atoms with Crippen molar-refractivity contribution in [1.82, 2.24) is 0 Å². The Labute approximate surface area is 189 Å². The van der Waals surface area contributed by atoms with E-state index in [1.165, 1.54) is 7.11 Å². The molecule has 0 aromatic heterocycles. The number of Topliss-reactive ketones (excluding diaryl/α,β-unsaturated/α-hetero) is 1. The minimum Gasteiger partial charge on any atom is -0.465 e. The molecule has 0 saturated carbocycles. The minimum absolute atomic E-state index is 0.0193. The predicted octanol–water partition coefficient (Wildman–Crippen LogP) is 5.68. The summed E-state index contributed by atoms with van der Waals surface area (Å²) in [6.07, 6.45) is 2.76. The second-order valence-corrected chi connectivity index (χ2v) is 8.29. The lowest BCUT2D eigenvalue weighted by Crippen LogP contribution is -2.16. The number of hydrogen-bond acceptors (Lipinski definition) is 4. The summed E-state index contributed by atoms with van der Waals surface area (Å²) in [6.45, 7) is 6.78. The van der Waals surface area contributed by atoms with Crippen LogP contribution in [0.25, 0.3) is 5.57 Å². The molecule has 0 unspecified atom stereocenters. The molecular formula is C28H27NO3. The van der Waals surface area contributed by atoms with Crippen LogP contribution in [0.1, 0.15) is 48.5 Å². The number of esters is 1. The second kappa shape index (κ2) is 8.83. The molecule has 1 heterocycles. The summed E-state index contributed by atoms with van der Waals surface area (Å²) in [6, 6.07) is 19.5. The molecule has 1 aliphatic heterocycles. The van der Waals surface area contributed by atoms with Crippen molar-refractivity contribution >= 4 is 23.0 Å². The number of allylic oxidation sites excluding steroid dienone is 1. The fraction of sp³-hybridized carbons (Fsp3) is 0.214. The van der Waals surface area contributed by atoms with Crippen LogP contribution in [0, 0.1) is 20.8 Å². The van der Waals surface area contributed by atoms with Crippen molar-refractivity contribution in [2.24, 2.45) is 0 Å². The lowest BCUT2D eigenvalue weighted by molar-refractivity contribution is 0.0600. The van der Waals surface area contributed by atoms with Gasteiger partial charge >= 0.3 is 5.97 Å². The quantitative estimate of drug-likeness (QED) is 0.300.